The predicted octanol–water partition coefficient (Wildman–Crippen LogP) is 1.96. The monoisotopic (exact) mass is 386 g/mol. The highest BCUT2D eigenvalue weighted by molar-refractivity contribution is 5.92. The van der Waals surface area contributed by atoms with Crippen LogP contribution in [0.15, 0.2) is 12.4 Å². The van der Waals surface area contributed by atoms with E-state index in [4.69, 9.17) is 4.74 Å². The molecule has 0 radical (unpaired) electrons. The molecule has 2 aromatic rings. The van der Waals surface area contributed by atoms with Crippen molar-refractivity contribution in [3.05, 3.63) is 23.8 Å². The van der Waals surface area contributed by atoms with Gasteiger partial charge in [0.1, 0.15) is 12.0 Å². The number of aromatic nitrogens is 4. The van der Waals surface area contributed by atoms with Crippen LogP contribution in [0.5, 0.6) is 0 Å². The molecule has 4 heterocycles. The molecule has 4 rings (SSSR count). The second-order valence-electron chi connectivity index (χ2n) is 8.15. The molecule has 8 heteroatoms. The molecule has 0 N–H and O–H groups in total. The number of ether oxygens (including phenoxy) is 1. The summed E-state index contributed by atoms with van der Waals surface area (Å²) in [7, 11) is 0. The maximum absolute atomic E-state index is 13.3. The van der Waals surface area contributed by atoms with E-state index < -0.39 is 0 Å². The molecule has 2 aromatic heterocycles. The Kier molecular flexibility index (Phi) is 5.87. The maximum Gasteiger partial charge on any atom is 0.272 e. The number of amides is 1. The molecule has 2 aliphatic rings. The van der Waals surface area contributed by atoms with Gasteiger partial charge in [0.25, 0.3) is 11.7 Å². The van der Waals surface area contributed by atoms with Crippen LogP contribution in [-0.4, -0.2) is 80.7 Å². The van der Waals surface area contributed by atoms with Gasteiger partial charge in [-0.15, -0.1) is 0 Å². The number of hydrogen-bond donors (Lipinski definition) is 0. The van der Waals surface area contributed by atoms with E-state index in [0.717, 1.165) is 31.7 Å². The molecule has 2 saturated heterocycles. The lowest BCUT2D eigenvalue weighted by atomic mass is 10.1. The number of carbonyl (C=O) groups is 1. The van der Waals surface area contributed by atoms with Crippen molar-refractivity contribution < 1.29 is 9.53 Å². The first-order chi connectivity index (χ1) is 13.6. The Balaban J connectivity index is 1.52. The molecular formula is C20H30N6O2. The number of rotatable bonds is 4. The van der Waals surface area contributed by atoms with E-state index in [-0.39, 0.29) is 17.9 Å². The summed E-state index contributed by atoms with van der Waals surface area (Å²) in [4.78, 5) is 26.3. The van der Waals surface area contributed by atoms with Crippen LogP contribution in [-0.2, 0) is 4.74 Å². The molecule has 152 valence electrons. The molecule has 0 aromatic carbocycles. The molecule has 1 amide bonds. The van der Waals surface area contributed by atoms with E-state index in [1.54, 1.807) is 4.52 Å². The number of likely N-dealkylation sites (tertiary alicyclic amines) is 1. The highest BCUT2D eigenvalue weighted by Crippen LogP contribution is 2.18. The van der Waals surface area contributed by atoms with Crippen molar-refractivity contribution >= 4 is 11.7 Å². The van der Waals surface area contributed by atoms with Gasteiger partial charge in [0.15, 0.2) is 0 Å². The van der Waals surface area contributed by atoms with Gasteiger partial charge in [-0.25, -0.2) is 9.50 Å². The van der Waals surface area contributed by atoms with Crippen molar-refractivity contribution in [3.8, 4) is 0 Å². The molecule has 1 unspecified atom stereocenters. The fourth-order valence-corrected chi connectivity index (χ4v) is 4.14. The average molecular weight is 387 g/mol. The van der Waals surface area contributed by atoms with Gasteiger partial charge in [-0.2, -0.15) is 10.1 Å². The number of nitrogens with zero attached hydrogens (tertiary/aromatic N) is 6. The van der Waals surface area contributed by atoms with Crippen molar-refractivity contribution in [2.45, 2.75) is 51.6 Å². The van der Waals surface area contributed by atoms with Gasteiger partial charge < -0.3 is 14.5 Å². The first-order valence-electron chi connectivity index (χ1n) is 10.5. The van der Waals surface area contributed by atoms with Crippen molar-refractivity contribution in [2.75, 3.05) is 39.3 Å². The van der Waals surface area contributed by atoms with E-state index in [2.05, 4.69) is 33.8 Å². The van der Waals surface area contributed by atoms with Crippen LogP contribution in [0.2, 0.25) is 0 Å². The van der Waals surface area contributed by atoms with Crippen molar-refractivity contribution in [2.24, 2.45) is 0 Å². The lowest BCUT2D eigenvalue weighted by molar-refractivity contribution is 0.0215. The summed E-state index contributed by atoms with van der Waals surface area (Å²) in [5.41, 5.74) is 1.39. The van der Waals surface area contributed by atoms with E-state index in [1.165, 1.54) is 25.6 Å². The third kappa shape index (κ3) is 4.17. The number of carbonyl (C=O) groups excluding carboxylic acids is 1. The Morgan fingerprint density at radius 3 is 2.82 bits per heavy atom. The number of hydrogen-bond acceptors (Lipinski definition) is 6. The summed E-state index contributed by atoms with van der Waals surface area (Å²) in [5, 5.41) is 4.24. The highest BCUT2D eigenvalue weighted by atomic mass is 16.5. The molecule has 28 heavy (non-hydrogen) atoms. The van der Waals surface area contributed by atoms with E-state index >= 15 is 0 Å². The molecule has 8 nitrogen and oxygen atoms in total. The summed E-state index contributed by atoms with van der Waals surface area (Å²) < 4.78 is 7.77. The van der Waals surface area contributed by atoms with Crippen LogP contribution in [0.3, 0.4) is 0 Å². The fraction of sp³-hybridized carbons (Fsp3) is 0.700. The molecule has 0 aliphatic carbocycles. The lowest BCUT2D eigenvalue weighted by Gasteiger charge is -2.31. The van der Waals surface area contributed by atoms with Gasteiger partial charge in [0.05, 0.1) is 11.8 Å². The zero-order chi connectivity index (χ0) is 19.5. The smallest absolute Gasteiger partial charge is 0.272 e. The van der Waals surface area contributed by atoms with Gasteiger partial charge in [-0.05, 0) is 44.3 Å². The van der Waals surface area contributed by atoms with Crippen molar-refractivity contribution in [1.29, 1.82) is 0 Å². The number of piperidine rings is 1. The third-order valence-corrected chi connectivity index (χ3v) is 5.64. The molecule has 2 fully saturated rings. The van der Waals surface area contributed by atoms with Crippen molar-refractivity contribution in [1.82, 2.24) is 29.4 Å². The SMILES string of the molecule is CC(C)c1cc(C(=O)N2CCCOC(CN3CCCCC3)C2)nc2ncnn12. The highest BCUT2D eigenvalue weighted by Gasteiger charge is 2.27. The summed E-state index contributed by atoms with van der Waals surface area (Å²) in [5.74, 6) is 0.657. The Bertz CT molecular complexity index is 814. The van der Waals surface area contributed by atoms with Crippen LogP contribution in [0.25, 0.3) is 5.78 Å². The van der Waals surface area contributed by atoms with Gasteiger partial charge in [-0.1, -0.05) is 20.3 Å². The van der Waals surface area contributed by atoms with Crippen molar-refractivity contribution in [3.63, 3.8) is 0 Å². The Morgan fingerprint density at radius 1 is 1.21 bits per heavy atom. The minimum Gasteiger partial charge on any atom is -0.375 e. The quantitative estimate of drug-likeness (QED) is 0.800. The van der Waals surface area contributed by atoms with Gasteiger partial charge in [0, 0.05) is 26.2 Å². The lowest BCUT2D eigenvalue weighted by Crippen LogP contribution is -2.44. The second kappa shape index (κ2) is 8.53. The Labute approximate surface area is 165 Å². The second-order valence-corrected chi connectivity index (χ2v) is 8.15. The molecule has 0 saturated carbocycles. The van der Waals surface area contributed by atoms with Gasteiger partial charge in [-0.3, -0.25) is 4.79 Å². The van der Waals surface area contributed by atoms with Gasteiger partial charge in [0.2, 0.25) is 0 Å². The third-order valence-electron chi connectivity index (χ3n) is 5.64. The van der Waals surface area contributed by atoms with Crippen LogP contribution in [0, 0.1) is 0 Å². The van der Waals surface area contributed by atoms with E-state index in [1.807, 2.05) is 11.0 Å². The number of fused-ring (bicyclic) bond motifs is 1. The Morgan fingerprint density at radius 2 is 2.04 bits per heavy atom. The molecular weight excluding hydrogens is 356 g/mol. The minimum atomic E-state index is -0.0402. The van der Waals surface area contributed by atoms with Crippen LogP contribution in [0.1, 0.15) is 61.6 Å². The maximum atomic E-state index is 13.3. The van der Waals surface area contributed by atoms with Crippen LogP contribution < -0.4 is 0 Å². The van der Waals surface area contributed by atoms with Crippen LogP contribution in [0.4, 0.5) is 0 Å². The van der Waals surface area contributed by atoms with Crippen LogP contribution >= 0.6 is 0 Å². The first kappa shape index (κ1) is 19.3. The first-order valence-corrected chi connectivity index (χ1v) is 10.5. The zero-order valence-electron chi connectivity index (χ0n) is 16.9. The zero-order valence-corrected chi connectivity index (χ0v) is 16.9. The molecule has 0 bridgehead atoms. The molecule has 1 atom stereocenters. The summed E-state index contributed by atoms with van der Waals surface area (Å²) in [6.07, 6.45) is 6.24. The normalized spacial score (nSPS) is 22.0. The van der Waals surface area contributed by atoms with Gasteiger partial charge >= 0.3 is 0 Å². The molecule has 0 spiro atoms. The molecule has 2 aliphatic heterocycles. The predicted molar refractivity (Wildman–Crippen MR) is 105 cm³/mol. The average Bonchev–Trinajstić information content (AvgIpc) is 3.06. The summed E-state index contributed by atoms with van der Waals surface area (Å²) in [6.45, 7) is 9.36. The van der Waals surface area contributed by atoms with E-state index in [0.29, 0.717) is 31.2 Å². The summed E-state index contributed by atoms with van der Waals surface area (Å²) in [6, 6.07) is 1.86. The van der Waals surface area contributed by atoms with E-state index in [9.17, 15) is 4.79 Å². The Hall–Kier alpha value is -2.06. The topological polar surface area (TPSA) is 75.9 Å². The largest absolute Gasteiger partial charge is 0.375 e. The minimum absolute atomic E-state index is 0.0402. The standard InChI is InChI=1S/C20H30N6O2/c1-15(2)18-11-17(23-20-21-14-22-26(18)20)19(27)25-9-6-10-28-16(13-25)12-24-7-4-3-5-8-24/h11,14-16H,3-10,12-13H2,1-2H3. The fourth-order valence-electron chi connectivity index (χ4n) is 4.14. The summed E-state index contributed by atoms with van der Waals surface area (Å²) >= 11 is 0.